The number of rotatable bonds is 6. The Balaban J connectivity index is 1.16. The third kappa shape index (κ3) is 3.63. The Morgan fingerprint density at radius 3 is 2.66 bits per heavy atom. The molecule has 4 aliphatic rings. The maximum Gasteiger partial charge on any atom is 0.228 e. The van der Waals surface area contributed by atoms with Gasteiger partial charge in [0, 0.05) is 36.7 Å². The third-order valence-corrected chi connectivity index (χ3v) is 7.07. The molecule has 0 radical (unpaired) electrons. The molecule has 3 fully saturated rings. The number of hydrogen-bond donors (Lipinski definition) is 0. The summed E-state index contributed by atoms with van der Waals surface area (Å²) in [6.07, 6.45) is 3.45. The Labute approximate surface area is 187 Å². The van der Waals surface area contributed by atoms with Crippen LogP contribution in [0.15, 0.2) is 34.7 Å². The molecule has 3 heterocycles. The molecule has 1 aromatic heterocycles. The van der Waals surface area contributed by atoms with Crippen molar-refractivity contribution in [1.29, 1.82) is 0 Å². The molecular weight excluding hydrogens is 408 g/mol. The maximum absolute atomic E-state index is 13.5. The molecule has 168 valence electrons. The van der Waals surface area contributed by atoms with Crippen LogP contribution in [0, 0.1) is 11.8 Å². The van der Waals surface area contributed by atoms with Gasteiger partial charge in [0.2, 0.25) is 11.8 Å². The summed E-state index contributed by atoms with van der Waals surface area (Å²) in [5.74, 6) is 4.12. The van der Waals surface area contributed by atoms with Crippen LogP contribution in [0.3, 0.4) is 0 Å². The monoisotopic (exact) mass is 436 g/mol. The van der Waals surface area contributed by atoms with Crippen LogP contribution >= 0.6 is 0 Å². The minimum absolute atomic E-state index is 0.0289. The number of amides is 2. The second-order valence-corrected chi connectivity index (χ2v) is 9.55. The van der Waals surface area contributed by atoms with E-state index in [1.165, 1.54) is 6.42 Å². The van der Waals surface area contributed by atoms with Crippen molar-refractivity contribution in [3.05, 3.63) is 41.9 Å². The van der Waals surface area contributed by atoms with Crippen molar-refractivity contribution in [1.82, 2.24) is 4.90 Å². The van der Waals surface area contributed by atoms with E-state index in [0.29, 0.717) is 49.6 Å². The van der Waals surface area contributed by atoms with E-state index in [4.69, 9.17) is 13.9 Å². The SMILES string of the molecule is CC1CC1c1ccc(CN(C(=O)C2CC(=O)N(c3ccc4c(c3)OCCO4)C2)C2CC2)o1. The van der Waals surface area contributed by atoms with Crippen LogP contribution in [0.25, 0.3) is 0 Å². The molecule has 32 heavy (non-hydrogen) atoms. The summed E-state index contributed by atoms with van der Waals surface area (Å²) in [5.41, 5.74) is 0.752. The zero-order chi connectivity index (χ0) is 21.8. The Hall–Kier alpha value is -2.96. The van der Waals surface area contributed by atoms with E-state index in [2.05, 4.69) is 13.0 Å². The molecule has 2 aromatic rings. The molecule has 0 N–H and O–H groups in total. The molecule has 2 amide bonds. The predicted molar refractivity (Wildman–Crippen MR) is 117 cm³/mol. The highest BCUT2D eigenvalue weighted by molar-refractivity contribution is 6.00. The van der Waals surface area contributed by atoms with E-state index in [0.717, 1.165) is 30.0 Å². The maximum atomic E-state index is 13.5. The van der Waals surface area contributed by atoms with Gasteiger partial charge in [-0.25, -0.2) is 0 Å². The van der Waals surface area contributed by atoms with Gasteiger partial charge in [-0.15, -0.1) is 0 Å². The average molecular weight is 437 g/mol. The van der Waals surface area contributed by atoms with Crippen LogP contribution in [0.2, 0.25) is 0 Å². The summed E-state index contributed by atoms with van der Waals surface area (Å²) < 4.78 is 17.3. The van der Waals surface area contributed by atoms with Crippen molar-refractivity contribution in [2.24, 2.45) is 11.8 Å². The smallest absolute Gasteiger partial charge is 0.228 e. The number of carbonyl (C=O) groups is 2. The number of furan rings is 1. The Kier molecular flexibility index (Phi) is 4.66. The second-order valence-electron chi connectivity index (χ2n) is 9.55. The minimum Gasteiger partial charge on any atom is -0.486 e. The minimum atomic E-state index is -0.339. The number of ether oxygens (including phenoxy) is 2. The molecule has 3 unspecified atom stereocenters. The van der Waals surface area contributed by atoms with Crippen LogP contribution in [-0.2, 0) is 16.1 Å². The van der Waals surface area contributed by atoms with Gasteiger partial charge < -0.3 is 23.7 Å². The molecule has 2 aliphatic carbocycles. The van der Waals surface area contributed by atoms with Gasteiger partial charge in [-0.3, -0.25) is 9.59 Å². The number of anilines is 1. The zero-order valence-corrected chi connectivity index (χ0v) is 18.3. The summed E-state index contributed by atoms with van der Waals surface area (Å²) >= 11 is 0. The van der Waals surface area contributed by atoms with Crippen molar-refractivity contribution >= 4 is 17.5 Å². The fourth-order valence-electron chi connectivity index (χ4n) is 4.90. The summed E-state index contributed by atoms with van der Waals surface area (Å²) in [7, 11) is 0. The third-order valence-electron chi connectivity index (χ3n) is 7.07. The van der Waals surface area contributed by atoms with Crippen molar-refractivity contribution in [2.45, 2.75) is 51.1 Å². The van der Waals surface area contributed by atoms with Crippen LogP contribution in [0.5, 0.6) is 11.5 Å². The number of fused-ring (bicyclic) bond motifs is 1. The molecule has 1 aromatic carbocycles. The van der Waals surface area contributed by atoms with Gasteiger partial charge in [0.25, 0.3) is 0 Å². The van der Waals surface area contributed by atoms with E-state index in [1.54, 1.807) is 4.90 Å². The Morgan fingerprint density at radius 1 is 1.12 bits per heavy atom. The normalized spacial score (nSPS) is 26.3. The van der Waals surface area contributed by atoms with Gasteiger partial charge in [-0.1, -0.05) is 6.92 Å². The predicted octanol–water partition coefficient (Wildman–Crippen LogP) is 3.72. The van der Waals surface area contributed by atoms with Gasteiger partial charge in [0.15, 0.2) is 11.5 Å². The fraction of sp³-hybridized carbons (Fsp3) is 0.520. The van der Waals surface area contributed by atoms with Crippen LogP contribution in [0.1, 0.15) is 50.0 Å². The molecule has 3 atom stereocenters. The summed E-state index contributed by atoms with van der Waals surface area (Å²) in [4.78, 5) is 29.9. The van der Waals surface area contributed by atoms with E-state index in [-0.39, 0.29) is 30.2 Å². The first-order valence-corrected chi connectivity index (χ1v) is 11.7. The number of carbonyl (C=O) groups excluding carboxylic acids is 2. The van der Waals surface area contributed by atoms with Gasteiger partial charge >= 0.3 is 0 Å². The van der Waals surface area contributed by atoms with Crippen molar-refractivity contribution in [2.75, 3.05) is 24.7 Å². The lowest BCUT2D eigenvalue weighted by Crippen LogP contribution is -2.38. The molecule has 7 heteroatoms. The van der Waals surface area contributed by atoms with Crippen LogP contribution < -0.4 is 14.4 Å². The van der Waals surface area contributed by atoms with Gasteiger partial charge in [0.1, 0.15) is 24.7 Å². The first-order chi connectivity index (χ1) is 15.6. The summed E-state index contributed by atoms with van der Waals surface area (Å²) in [6, 6.07) is 9.85. The number of benzene rings is 1. The zero-order valence-electron chi connectivity index (χ0n) is 18.3. The van der Waals surface area contributed by atoms with Crippen LogP contribution in [0.4, 0.5) is 5.69 Å². The lowest BCUT2D eigenvalue weighted by molar-refractivity contribution is -0.137. The van der Waals surface area contributed by atoms with E-state index < -0.39 is 0 Å². The quantitative estimate of drug-likeness (QED) is 0.690. The molecule has 2 aliphatic heterocycles. The summed E-state index contributed by atoms with van der Waals surface area (Å²) in [6.45, 7) is 4.13. The van der Waals surface area contributed by atoms with Crippen molar-refractivity contribution < 1.29 is 23.5 Å². The molecule has 2 saturated carbocycles. The van der Waals surface area contributed by atoms with E-state index >= 15 is 0 Å². The standard InChI is InChI=1S/C25H28N2O5/c1-15-10-20(15)21-7-5-19(32-21)14-27(17-2-3-17)25(29)16-11-24(28)26(13-16)18-4-6-22-23(12-18)31-9-8-30-22/h4-7,12,15-17,20H,2-3,8-11,13-14H2,1H3. The first kappa shape index (κ1) is 19.7. The van der Waals surface area contributed by atoms with Crippen LogP contribution in [-0.4, -0.2) is 42.5 Å². The number of nitrogens with zero attached hydrogens (tertiary/aromatic N) is 2. The highest BCUT2D eigenvalue weighted by Crippen LogP contribution is 2.47. The van der Waals surface area contributed by atoms with Gasteiger partial charge in [-0.2, -0.15) is 0 Å². The van der Waals surface area contributed by atoms with Crippen molar-refractivity contribution in [3.8, 4) is 11.5 Å². The Morgan fingerprint density at radius 2 is 1.91 bits per heavy atom. The average Bonchev–Trinajstić information content (AvgIpc) is 3.69. The molecule has 0 spiro atoms. The first-order valence-electron chi connectivity index (χ1n) is 11.7. The van der Waals surface area contributed by atoms with E-state index in [9.17, 15) is 9.59 Å². The lowest BCUT2D eigenvalue weighted by Gasteiger charge is -2.25. The molecular formula is C25H28N2O5. The highest BCUT2D eigenvalue weighted by atomic mass is 16.6. The van der Waals surface area contributed by atoms with Gasteiger partial charge in [0.05, 0.1) is 12.5 Å². The highest BCUT2D eigenvalue weighted by Gasteiger charge is 2.42. The summed E-state index contributed by atoms with van der Waals surface area (Å²) in [5, 5.41) is 0. The lowest BCUT2D eigenvalue weighted by atomic mass is 10.1. The van der Waals surface area contributed by atoms with E-state index in [1.807, 2.05) is 29.2 Å². The number of hydrogen-bond acceptors (Lipinski definition) is 5. The molecule has 1 saturated heterocycles. The fourth-order valence-corrected chi connectivity index (χ4v) is 4.90. The molecule has 0 bridgehead atoms. The topological polar surface area (TPSA) is 72.2 Å². The molecule has 6 rings (SSSR count). The van der Waals surface area contributed by atoms with Crippen molar-refractivity contribution in [3.63, 3.8) is 0 Å². The molecule has 7 nitrogen and oxygen atoms in total. The second kappa shape index (κ2) is 7.57. The Bertz CT molecular complexity index is 1060. The largest absolute Gasteiger partial charge is 0.486 e. The van der Waals surface area contributed by atoms with Gasteiger partial charge in [-0.05, 0) is 49.4 Å².